The molecule has 0 spiro atoms. The van der Waals surface area contributed by atoms with Crippen molar-refractivity contribution in [2.45, 2.75) is 62.9 Å². The molecule has 1 fully saturated rings. The number of hydrogen-bond donors (Lipinski definition) is 7. The number of aliphatic carboxylic acids is 2. The van der Waals surface area contributed by atoms with Crippen molar-refractivity contribution in [3.05, 3.63) is 0 Å². The highest BCUT2D eigenvalue weighted by atomic mass is 32.1. The zero-order valence-electron chi connectivity index (χ0n) is 16.5. The lowest BCUT2D eigenvalue weighted by molar-refractivity contribution is -0.145. The van der Waals surface area contributed by atoms with Gasteiger partial charge in [-0.2, -0.15) is 12.6 Å². The number of carbonyl (C=O) groups is 5. The first-order valence-corrected chi connectivity index (χ1v) is 10.0. The number of hydrogen-bond acceptors (Lipinski definition) is 8. The maximum absolute atomic E-state index is 12.8. The molecule has 7 N–H and O–H groups in total. The second-order valence-corrected chi connectivity index (χ2v) is 7.40. The maximum Gasteiger partial charge on any atom is 0.326 e. The van der Waals surface area contributed by atoms with Crippen LogP contribution in [0.5, 0.6) is 0 Å². The molecule has 0 aromatic heterocycles. The minimum absolute atomic E-state index is 0.0850. The standard InChI is InChI=1S/C17H28N4O8S/c1-8(22)13(18)15(26)20-10(7-30)16(27)21-6-2-3-11(21)14(25)19-9(17(28)29)4-5-12(23)24/h8-11,13,22,30H,2-7,18H2,1H3,(H,19,25)(H,20,26)(H,23,24)(H,28,29). The van der Waals surface area contributed by atoms with E-state index in [-0.39, 0.29) is 25.1 Å². The van der Waals surface area contributed by atoms with Crippen molar-refractivity contribution >= 4 is 42.3 Å². The Morgan fingerprint density at radius 2 is 1.80 bits per heavy atom. The fourth-order valence-corrected chi connectivity index (χ4v) is 3.22. The largest absolute Gasteiger partial charge is 0.481 e. The van der Waals surface area contributed by atoms with Crippen LogP contribution in [0, 0.1) is 0 Å². The minimum atomic E-state index is -1.41. The topological polar surface area (TPSA) is 199 Å². The van der Waals surface area contributed by atoms with Crippen molar-refractivity contribution in [3.63, 3.8) is 0 Å². The Labute approximate surface area is 178 Å². The van der Waals surface area contributed by atoms with E-state index in [4.69, 9.17) is 10.8 Å². The molecule has 1 saturated heterocycles. The summed E-state index contributed by atoms with van der Waals surface area (Å²) in [4.78, 5) is 60.6. The number of nitrogens with two attached hydrogens (primary N) is 1. The first kappa shape index (κ1) is 25.7. The molecule has 30 heavy (non-hydrogen) atoms. The Bertz CT molecular complexity index is 674. The lowest BCUT2D eigenvalue weighted by Gasteiger charge is -2.29. The van der Waals surface area contributed by atoms with Crippen molar-refractivity contribution in [2.24, 2.45) is 5.73 Å². The van der Waals surface area contributed by atoms with Crippen molar-refractivity contribution in [2.75, 3.05) is 12.3 Å². The van der Waals surface area contributed by atoms with Gasteiger partial charge >= 0.3 is 11.9 Å². The van der Waals surface area contributed by atoms with Gasteiger partial charge in [0.05, 0.1) is 6.10 Å². The molecule has 0 saturated carbocycles. The van der Waals surface area contributed by atoms with Gasteiger partial charge in [-0.05, 0) is 26.2 Å². The van der Waals surface area contributed by atoms with E-state index in [9.17, 15) is 34.2 Å². The normalized spacial score (nSPS) is 20.0. The molecule has 12 nitrogen and oxygen atoms in total. The quantitative estimate of drug-likeness (QED) is 0.167. The van der Waals surface area contributed by atoms with E-state index in [0.29, 0.717) is 6.42 Å². The van der Waals surface area contributed by atoms with Crippen molar-refractivity contribution in [1.29, 1.82) is 0 Å². The third-order valence-electron chi connectivity index (χ3n) is 4.72. The summed E-state index contributed by atoms with van der Waals surface area (Å²) in [5, 5.41) is 32.0. The molecule has 0 radical (unpaired) electrons. The molecular formula is C17H28N4O8S. The monoisotopic (exact) mass is 448 g/mol. The van der Waals surface area contributed by atoms with Gasteiger partial charge in [-0.3, -0.25) is 19.2 Å². The number of carbonyl (C=O) groups excluding carboxylic acids is 3. The molecule has 5 unspecified atom stereocenters. The van der Waals surface area contributed by atoms with E-state index in [1.54, 1.807) is 0 Å². The number of thiol groups is 1. The van der Waals surface area contributed by atoms with E-state index >= 15 is 0 Å². The number of amides is 3. The number of carboxylic acids is 2. The molecule has 0 aliphatic carbocycles. The molecular weight excluding hydrogens is 420 g/mol. The van der Waals surface area contributed by atoms with Gasteiger partial charge in [0.25, 0.3) is 0 Å². The van der Waals surface area contributed by atoms with Gasteiger partial charge < -0.3 is 36.6 Å². The number of nitrogens with zero attached hydrogens (tertiary/aromatic N) is 1. The highest BCUT2D eigenvalue weighted by Gasteiger charge is 2.39. The Balaban J connectivity index is 2.83. The summed E-state index contributed by atoms with van der Waals surface area (Å²) < 4.78 is 0. The van der Waals surface area contributed by atoms with Crippen LogP contribution in [0.15, 0.2) is 0 Å². The highest BCUT2D eigenvalue weighted by Crippen LogP contribution is 2.19. The molecule has 0 bridgehead atoms. The first-order chi connectivity index (χ1) is 14.0. The lowest BCUT2D eigenvalue weighted by atomic mass is 10.1. The first-order valence-electron chi connectivity index (χ1n) is 9.39. The van der Waals surface area contributed by atoms with Gasteiger partial charge in [-0.1, -0.05) is 0 Å². The summed E-state index contributed by atoms with van der Waals surface area (Å²) in [6.45, 7) is 1.54. The number of likely N-dealkylation sites (tertiary alicyclic amines) is 1. The lowest BCUT2D eigenvalue weighted by Crippen LogP contribution is -2.58. The average Bonchev–Trinajstić information content (AvgIpc) is 3.17. The summed E-state index contributed by atoms with van der Waals surface area (Å²) >= 11 is 4.05. The molecule has 1 aliphatic rings. The number of aliphatic hydroxyl groups is 1. The predicted octanol–water partition coefficient (Wildman–Crippen LogP) is -2.47. The van der Waals surface area contributed by atoms with Crippen LogP contribution in [-0.2, 0) is 24.0 Å². The molecule has 3 amide bonds. The maximum atomic E-state index is 12.8. The summed E-state index contributed by atoms with van der Waals surface area (Å²) in [5.74, 6) is -4.73. The van der Waals surface area contributed by atoms with Gasteiger partial charge in [0.1, 0.15) is 24.2 Å². The number of carboxylic acid groups (broad SMARTS) is 2. The Hall–Kier alpha value is -2.38. The molecule has 170 valence electrons. The third-order valence-corrected chi connectivity index (χ3v) is 5.08. The second-order valence-electron chi connectivity index (χ2n) is 7.03. The molecule has 1 aliphatic heterocycles. The van der Waals surface area contributed by atoms with E-state index in [1.165, 1.54) is 11.8 Å². The van der Waals surface area contributed by atoms with Crippen LogP contribution < -0.4 is 16.4 Å². The molecule has 0 aromatic carbocycles. The van der Waals surface area contributed by atoms with Gasteiger partial charge in [-0.15, -0.1) is 0 Å². The zero-order chi connectivity index (χ0) is 23.0. The van der Waals surface area contributed by atoms with Crippen LogP contribution in [0.2, 0.25) is 0 Å². The van der Waals surface area contributed by atoms with E-state index in [2.05, 4.69) is 23.3 Å². The van der Waals surface area contributed by atoms with Gasteiger partial charge in [0.2, 0.25) is 17.7 Å². The summed E-state index contributed by atoms with van der Waals surface area (Å²) in [7, 11) is 0. The van der Waals surface area contributed by atoms with E-state index in [0.717, 1.165) is 0 Å². The predicted molar refractivity (Wildman–Crippen MR) is 107 cm³/mol. The minimum Gasteiger partial charge on any atom is -0.481 e. The summed E-state index contributed by atoms with van der Waals surface area (Å²) in [5.41, 5.74) is 5.55. The van der Waals surface area contributed by atoms with E-state index in [1.807, 2.05) is 0 Å². The Morgan fingerprint density at radius 3 is 2.30 bits per heavy atom. The van der Waals surface area contributed by atoms with Crippen LogP contribution in [0.3, 0.4) is 0 Å². The molecule has 0 aromatic rings. The van der Waals surface area contributed by atoms with Crippen molar-refractivity contribution in [1.82, 2.24) is 15.5 Å². The average molecular weight is 448 g/mol. The van der Waals surface area contributed by atoms with Crippen LogP contribution in [0.1, 0.15) is 32.6 Å². The summed E-state index contributed by atoms with van der Waals surface area (Å²) in [6, 6.07) is -4.71. The molecule has 13 heteroatoms. The number of aliphatic hydroxyl groups excluding tert-OH is 1. The van der Waals surface area contributed by atoms with Gasteiger partial charge in [-0.25, -0.2) is 4.79 Å². The Morgan fingerprint density at radius 1 is 1.17 bits per heavy atom. The molecule has 1 heterocycles. The van der Waals surface area contributed by atoms with Crippen LogP contribution >= 0.6 is 12.6 Å². The number of rotatable bonds is 11. The number of nitrogens with one attached hydrogen (secondary N) is 2. The smallest absolute Gasteiger partial charge is 0.326 e. The van der Waals surface area contributed by atoms with Crippen molar-refractivity contribution < 1.29 is 39.3 Å². The van der Waals surface area contributed by atoms with Gasteiger partial charge in [0.15, 0.2) is 0 Å². The SMILES string of the molecule is CC(O)C(N)C(=O)NC(CS)C(=O)N1CCCC1C(=O)NC(CCC(=O)O)C(=O)O. The van der Waals surface area contributed by atoms with Gasteiger partial charge in [0, 0.05) is 18.7 Å². The van der Waals surface area contributed by atoms with Crippen molar-refractivity contribution in [3.8, 4) is 0 Å². The van der Waals surface area contributed by atoms with Crippen LogP contribution in [-0.4, -0.2) is 92.4 Å². The molecule has 5 atom stereocenters. The Kier molecular flexibility index (Phi) is 10.0. The highest BCUT2D eigenvalue weighted by molar-refractivity contribution is 7.80. The second kappa shape index (κ2) is 11.7. The van der Waals surface area contributed by atoms with Crippen LogP contribution in [0.25, 0.3) is 0 Å². The van der Waals surface area contributed by atoms with Crippen LogP contribution in [0.4, 0.5) is 0 Å². The fourth-order valence-electron chi connectivity index (χ4n) is 2.97. The van der Waals surface area contributed by atoms with E-state index < -0.39 is 66.4 Å². The molecule has 1 rings (SSSR count). The summed E-state index contributed by atoms with van der Waals surface area (Å²) in [6.07, 6.45) is -1.11. The third kappa shape index (κ3) is 7.15. The fraction of sp³-hybridized carbons (Fsp3) is 0.706. The zero-order valence-corrected chi connectivity index (χ0v) is 17.4.